The Bertz CT molecular complexity index is 468. The zero-order chi connectivity index (χ0) is 15.7. The number of rotatable bonds is 1. The second kappa shape index (κ2) is 4.93. The van der Waals surface area contributed by atoms with Crippen molar-refractivity contribution in [1.29, 1.82) is 0 Å². The summed E-state index contributed by atoms with van der Waals surface area (Å²) in [5.41, 5.74) is -0.220. The molecule has 6 fully saturated rings. The Labute approximate surface area is 136 Å². The van der Waals surface area contributed by atoms with E-state index in [-0.39, 0.29) is 11.5 Å². The molecule has 0 aromatic rings. The van der Waals surface area contributed by atoms with Crippen LogP contribution in [0.5, 0.6) is 0 Å². The molecule has 5 saturated carbocycles. The molecule has 2 spiro atoms. The first-order valence-corrected chi connectivity index (χ1v) is 9.32. The monoisotopic (exact) mass is 322 g/mol. The molecule has 23 heavy (non-hydrogen) atoms. The minimum atomic E-state index is -0.700. The lowest BCUT2D eigenvalue weighted by Crippen LogP contribution is -2.65. The molecule has 5 aliphatic carbocycles. The quantitative estimate of drug-likeness (QED) is 0.751. The molecular formula is C18H26O5. The summed E-state index contributed by atoms with van der Waals surface area (Å²) in [7, 11) is 0. The van der Waals surface area contributed by atoms with E-state index in [4.69, 9.17) is 19.6 Å². The van der Waals surface area contributed by atoms with Crippen molar-refractivity contribution in [3.63, 3.8) is 0 Å². The van der Waals surface area contributed by atoms with Gasteiger partial charge in [-0.2, -0.15) is 0 Å². The molecular weight excluding hydrogens is 296 g/mol. The lowest BCUT2D eigenvalue weighted by molar-refractivity contribution is -0.538. The van der Waals surface area contributed by atoms with Gasteiger partial charge in [-0.3, -0.25) is 4.79 Å². The molecule has 0 aromatic heterocycles. The predicted molar refractivity (Wildman–Crippen MR) is 80.2 cm³/mol. The average molecular weight is 322 g/mol. The van der Waals surface area contributed by atoms with Crippen LogP contribution in [0.1, 0.15) is 57.8 Å². The third kappa shape index (κ3) is 2.12. The van der Waals surface area contributed by atoms with Gasteiger partial charge in [-0.15, -0.1) is 0 Å². The fourth-order valence-corrected chi connectivity index (χ4v) is 6.33. The molecule has 0 aromatic carbocycles. The summed E-state index contributed by atoms with van der Waals surface area (Å²) in [6, 6.07) is 0. The normalized spacial score (nSPS) is 54.7. The summed E-state index contributed by atoms with van der Waals surface area (Å²) < 4.78 is 6.27. The molecule has 1 aliphatic heterocycles. The van der Waals surface area contributed by atoms with Crippen molar-refractivity contribution in [2.24, 2.45) is 29.6 Å². The molecule has 1 saturated heterocycles. The topological polar surface area (TPSA) is 65.0 Å². The number of hydrogen-bond donors (Lipinski definition) is 1. The number of carboxylic acid groups (broad SMARTS) is 1. The van der Waals surface area contributed by atoms with Gasteiger partial charge < -0.3 is 9.84 Å². The van der Waals surface area contributed by atoms with E-state index in [2.05, 4.69) is 0 Å². The van der Waals surface area contributed by atoms with Gasteiger partial charge in [-0.1, -0.05) is 0 Å². The number of aliphatic carboxylic acids is 1. The van der Waals surface area contributed by atoms with Crippen molar-refractivity contribution in [1.82, 2.24) is 0 Å². The highest BCUT2D eigenvalue weighted by Crippen LogP contribution is 2.61. The highest BCUT2D eigenvalue weighted by Gasteiger charge is 2.62. The molecule has 0 radical (unpaired) electrons. The van der Waals surface area contributed by atoms with Crippen molar-refractivity contribution >= 4 is 5.97 Å². The molecule has 5 nitrogen and oxygen atoms in total. The minimum absolute atomic E-state index is 0.220. The SMILES string of the molecule is O=C(O)C1CCC2(CC1)OCC1(OO2)C2CC3CC(C2)CC1C3. The van der Waals surface area contributed by atoms with Crippen LogP contribution in [0.25, 0.3) is 0 Å². The van der Waals surface area contributed by atoms with Gasteiger partial charge in [-0.05, 0) is 68.6 Å². The molecule has 6 aliphatic rings. The number of carbonyl (C=O) groups is 1. The third-order valence-electron chi connectivity index (χ3n) is 7.53. The third-order valence-corrected chi connectivity index (χ3v) is 7.53. The zero-order valence-corrected chi connectivity index (χ0v) is 13.5. The van der Waals surface area contributed by atoms with Crippen LogP contribution in [-0.4, -0.2) is 29.1 Å². The second-order valence-electron chi connectivity index (χ2n) is 8.74. The second-order valence-corrected chi connectivity index (χ2v) is 8.74. The van der Waals surface area contributed by atoms with Gasteiger partial charge in [0.15, 0.2) is 0 Å². The van der Waals surface area contributed by atoms with E-state index in [1.807, 2.05) is 0 Å². The summed E-state index contributed by atoms with van der Waals surface area (Å²) in [4.78, 5) is 23.2. The predicted octanol–water partition coefficient (Wildman–Crippen LogP) is 3.13. The Balaban J connectivity index is 1.29. The molecule has 0 amide bonds. The van der Waals surface area contributed by atoms with Gasteiger partial charge in [0.05, 0.1) is 12.5 Å². The first kappa shape index (κ1) is 14.7. The van der Waals surface area contributed by atoms with Crippen LogP contribution < -0.4 is 0 Å². The lowest BCUT2D eigenvalue weighted by Gasteiger charge is -2.62. The Morgan fingerprint density at radius 1 is 0.913 bits per heavy atom. The molecule has 5 heteroatoms. The van der Waals surface area contributed by atoms with Gasteiger partial charge in [-0.25, -0.2) is 9.78 Å². The number of hydrogen-bond acceptors (Lipinski definition) is 4. The summed E-state index contributed by atoms with van der Waals surface area (Å²) in [6.45, 7) is 0.638. The highest BCUT2D eigenvalue weighted by molar-refractivity contribution is 5.70. The lowest BCUT2D eigenvalue weighted by atomic mass is 9.50. The first-order valence-electron chi connectivity index (χ1n) is 9.32. The Hall–Kier alpha value is -0.650. The van der Waals surface area contributed by atoms with Gasteiger partial charge in [0.2, 0.25) is 5.79 Å². The fourth-order valence-electron chi connectivity index (χ4n) is 6.33. The highest BCUT2D eigenvalue weighted by atomic mass is 17.2. The molecule has 6 rings (SSSR count). The van der Waals surface area contributed by atoms with E-state index in [1.165, 1.54) is 32.1 Å². The van der Waals surface area contributed by atoms with Gasteiger partial charge >= 0.3 is 5.97 Å². The largest absolute Gasteiger partial charge is 0.481 e. The smallest absolute Gasteiger partial charge is 0.306 e. The Kier molecular flexibility index (Phi) is 3.14. The molecule has 1 N–H and O–H groups in total. The summed E-state index contributed by atoms with van der Waals surface area (Å²) in [6.07, 6.45) is 8.99. The van der Waals surface area contributed by atoms with Crippen LogP contribution >= 0.6 is 0 Å². The molecule has 128 valence electrons. The van der Waals surface area contributed by atoms with Crippen molar-refractivity contribution in [3.05, 3.63) is 0 Å². The Morgan fingerprint density at radius 3 is 2.00 bits per heavy atom. The van der Waals surface area contributed by atoms with Crippen LogP contribution in [0.15, 0.2) is 0 Å². The van der Waals surface area contributed by atoms with Crippen LogP contribution in [0, 0.1) is 29.6 Å². The van der Waals surface area contributed by atoms with E-state index < -0.39 is 11.8 Å². The van der Waals surface area contributed by atoms with E-state index in [1.54, 1.807) is 0 Å². The molecule has 0 unspecified atom stereocenters. The summed E-state index contributed by atoms with van der Waals surface area (Å²) in [5, 5.41) is 9.15. The Morgan fingerprint density at radius 2 is 1.52 bits per heavy atom. The summed E-state index contributed by atoms with van der Waals surface area (Å²) in [5.74, 6) is 1.32. The van der Waals surface area contributed by atoms with E-state index >= 15 is 0 Å². The standard InChI is InChI=1S/C18H26O5/c19-16(20)13-1-3-17(4-2-13)21-10-18(23-22-17)14-6-11-5-12(8-14)9-15(18)7-11/h11-15H,1-10H2,(H,19,20). The fraction of sp³-hybridized carbons (Fsp3) is 0.944. The van der Waals surface area contributed by atoms with E-state index in [9.17, 15) is 4.79 Å². The van der Waals surface area contributed by atoms with Gasteiger partial charge in [0, 0.05) is 12.8 Å². The molecule has 1 heterocycles. The summed E-state index contributed by atoms with van der Waals surface area (Å²) >= 11 is 0. The maximum atomic E-state index is 11.1. The minimum Gasteiger partial charge on any atom is -0.481 e. The van der Waals surface area contributed by atoms with Crippen LogP contribution in [0.2, 0.25) is 0 Å². The molecule has 4 bridgehead atoms. The average Bonchev–Trinajstić information content (AvgIpc) is 2.54. The zero-order valence-electron chi connectivity index (χ0n) is 13.5. The number of ether oxygens (including phenoxy) is 1. The van der Waals surface area contributed by atoms with E-state index in [0.29, 0.717) is 44.1 Å². The van der Waals surface area contributed by atoms with Crippen LogP contribution in [0.3, 0.4) is 0 Å². The number of carboxylic acids is 1. The van der Waals surface area contributed by atoms with Crippen LogP contribution in [-0.2, 0) is 19.3 Å². The van der Waals surface area contributed by atoms with Gasteiger partial charge in [0.25, 0.3) is 0 Å². The maximum Gasteiger partial charge on any atom is 0.306 e. The maximum absolute atomic E-state index is 11.1. The first-order chi connectivity index (χ1) is 11.1. The van der Waals surface area contributed by atoms with Crippen molar-refractivity contribution < 1.29 is 24.4 Å². The van der Waals surface area contributed by atoms with Gasteiger partial charge in [0.1, 0.15) is 5.60 Å². The molecule has 0 atom stereocenters. The van der Waals surface area contributed by atoms with Crippen molar-refractivity contribution in [2.75, 3.05) is 6.61 Å². The van der Waals surface area contributed by atoms with Crippen LogP contribution in [0.4, 0.5) is 0 Å². The van der Waals surface area contributed by atoms with Crippen molar-refractivity contribution in [2.45, 2.75) is 69.2 Å². The van der Waals surface area contributed by atoms with E-state index in [0.717, 1.165) is 11.8 Å². The van der Waals surface area contributed by atoms with Crippen molar-refractivity contribution in [3.8, 4) is 0 Å².